The number of carbonyl (C=O) groups is 2. The molecule has 2 N–H and O–H groups in total. The molecule has 6 heteroatoms. The number of aryl methyl sites for hydroxylation is 2. The van der Waals surface area contributed by atoms with E-state index in [9.17, 15) is 14.7 Å². The summed E-state index contributed by atoms with van der Waals surface area (Å²) in [5, 5.41) is 12.1. The van der Waals surface area contributed by atoms with Gasteiger partial charge in [0.2, 0.25) is 0 Å². The van der Waals surface area contributed by atoms with E-state index in [1.165, 1.54) is 4.90 Å². The van der Waals surface area contributed by atoms with Crippen LogP contribution >= 0.6 is 0 Å². The molecule has 0 spiro atoms. The lowest BCUT2D eigenvalue weighted by molar-refractivity contribution is -0.132. The van der Waals surface area contributed by atoms with Gasteiger partial charge in [-0.3, -0.25) is 19.5 Å². The van der Waals surface area contributed by atoms with Crippen LogP contribution in [-0.2, 0) is 9.59 Å². The first kappa shape index (κ1) is 19.8. The highest BCUT2D eigenvalue weighted by Crippen LogP contribution is 2.43. The number of aromatic nitrogens is 2. The lowest BCUT2D eigenvalue weighted by Gasteiger charge is -2.26. The first-order valence-electron chi connectivity index (χ1n) is 10.3. The van der Waals surface area contributed by atoms with Gasteiger partial charge in [0.05, 0.1) is 11.6 Å². The zero-order valence-corrected chi connectivity index (χ0v) is 17.7. The van der Waals surface area contributed by atoms with E-state index in [-0.39, 0.29) is 11.3 Å². The highest BCUT2D eigenvalue weighted by Gasteiger charge is 2.47. The fourth-order valence-electron chi connectivity index (χ4n) is 4.42. The van der Waals surface area contributed by atoms with E-state index >= 15 is 0 Å². The first-order valence-corrected chi connectivity index (χ1v) is 10.3. The SMILES string of the molecule is Cc1ccc(N2C(=O)C(=O)/C(=C(\O)c3c[nH]c4ccccc34)C2c2cccnc2)c(C)c1. The van der Waals surface area contributed by atoms with Crippen molar-refractivity contribution in [1.29, 1.82) is 0 Å². The van der Waals surface area contributed by atoms with Crippen LogP contribution in [0.3, 0.4) is 0 Å². The Morgan fingerprint density at radius 2 is 1.88 bits per heavy atom. The highest BCUT2D eigenvalue weighted by molar-refractivity contribution is 6.52. The molecule has 2 aromatic carbocycles. The number of rotatable bonds is 3. The topological polar surface area (TPSA) is 86.3 Å². The van der Waals surface area contributed by atoms with Crippen LogP contribution in [0.15, 0.2) is 78.8 Å². The highest BCUT2D eigenvalue weighted by atomic mass is 16.3. The van der Waals surface area contributed by atoms with Gasteiger partial charge in [0.25, 0.3) is 11.7 Å². The number of pyridine rings is 1. The number of nitrogens with zero attached hydrogens (tertiary/aromatic N) is 2. The van der Waals surface area contributed by atoms with E-state index < -0.39 is 17.7 Å². The fraction of sp³-hybridized carbons (Fsp3) is 0.115. The molecule has 0 saturated carbocycles. The Balaban J connectivity index is 1.77. The van der Waals surface area contributed by atoms with E-state index in [0.29, 0.717) is 16.8 Å². The summed E-state index contributed by atoms with van der Waals surface area (Å²) in [6.45, 7) is 3.88. The lowest BCUT2D eigenvalue weighted by atomic mass is 9.95. The number of fused-ring (bicyclic) bond motifs is 1. The number of aliphatic hydroxyl groups excluding tert-OH is 1. The molecule has 2 aromatic heterocycles. The number of aliphatic hydroxyl groups is 1. The number of Topliss-reactive ketones (excluding diaryl/α,β-unsaturated/α-hetero) is 1. The summed E-state index contributed by atoms with van der Waals surface area (Å²) in [5.41, 5.74) is 4.56. The zero-order valence-electron chi connectivity index (χ0n) is 17.7. The predicted octanol–water partition coefficient (Wildman–Crippen LogP) is 4.81. The van der Waals surface area contributed by atoms with Crippen molar-refractivity contribution in [3.8, 4) is 0 Å². The second-order valence-corrected chi connectivity index (χ2v) is 7.99. The van der Waals surface area contributed by atoms with Crippen molar-refractivity contribution < 1.29 is 14.7 Å². The molecule has 1 saturated heterocycles. The van der Waals surface area contributed by atoms with E-state index in [1.54, 1.807) is 24.7 Å². The van der Waals surface area contributed by atoms with Crippen LogP contribution in [0.4, 0.5) is 5.69 Å². The molecule has 6 nitrogen and oxygen atoms in total. The van der Waals surface area contributed by atoms with Crippen LogP contribution < -0.4 is 4.90 Å². The molecule has 3 heterocycles. The smallest absolute Gasteiger partial charge is 0.300 e. The number of aromatic amines is 1. The van der Waals surface area contributed by atoms with Crippen molar-refractivity contribution in [3.05, 3.63) is 101 Å². The van der Waals surface area contributed by atoms with Gasteiger partial charge in [0.1, 0.15) is 5.76 Å². The number of H-pyrrole nitrogens is 1. The van der Waals surface area contributed by atoms with E-state index in [4.69, 9.17) is 0 Å². The lowest BCUT2D eigenvalue weighted by Crippen LogP contribution is -2.30. The van der Waals surface area contributed by atoms with Crippen LogP contribution in [0.2, 0.25) is 0 Å². The van der Waals surface area contributed by atoms with Gasteiger partial charge in [-0.25, -0.2) is 0 Å². The summed E-state index contributed by atoms with van der Waals surface area (Å²) in [7, 11) is 0. The number of benzene rings is 2. The largest absolute Gasteiger partial charge is 0.507 e. The predicted molar refractivity (Wildman–Crippen MR) is 123 cm³/mol. The Morgan fingerprint density at radius 1 is 1.06 bits per heavy atom. The molecule has 5 rings (SSSR count). The van der Waals surface area contributed by atoms with Crippen molar-refractivity contribution in [2.24, 2.45) is 0 Å². The molecular formula is C26H21N3O3. The van der Waals surface area contributed by atoms with Crippen molar-refractivity contribution in [2.75, 3.05) is 4.90 Å². The average molecular weight is 423 g/mol. The molecule has 4 aromatic rings. The third-order valence-corrected chi connectivity index (χ3v) is 5.90. The monoisotopic (exact) mass is 423 g/mol. The summed E-state index contributed by atoms with van der Waals surface area (Å²) in [6.07, 6.45) is 4.91. The summed E-state index contributed by atoms with van der Waals surface area (Å²) in [5.74, 6) is -1.60. The maximum atomic E-state index is 13.3. The van der Waals surface area contributed by atoms with Gasteiger partial charge in [-0.1, -0.05) is 42.0 Å². The van der Waals surface area contributed by atoms with Crippen LogP contribution in [0.5, 0.6) is 0 Å². The molecule has 32 heavy (non-hydrogen) atoms. The number of anilines is 1. The van der Waals surface area contributed by atoms with Gasteiger partial charge < -0.3 is 10.1 Å². The average Bonchev–Trinajstić information content (AvgIpc) is 3.34. The van der Waals surface area contributed by atoms with Crippen LogP contribution in [0.25, 0.3) is 16.7 Å². The second-order valence-electron chi connectivity index (χ2n) is 7.99. The van der Waals surface area contributed by atoms with Crippen molar-refractivity contribution in [2.45, 2.75) is 19.9 Å². The van der Waals surface area contributed by atoms with E-state index in [1.807, 2.05) is 62.4 Å². The van der Waals surface area contributed by atoms with Crippen LogP contribution in [0.1, 0.15) is 28.3 Å². The Bertz CT molecular complexity index is 1400. The number of para-hydroxylation sites is 1. The molecule has 1 unspecified atom stereocenters. The zero-order chi connectivity index (χ0) is 22.4. The van der Waals surface area contributed by atoms with Crippen molar-refractivity contribution >= 4 is 34.0 Å². The molecule has 1 aliphatic rings. The number of nitrogens with one attached hydrogen (secondary N) is 1. The first-order chi connectivity index (χ1) is 15.5. The normalized spacial score (nSPS) is 17.9. The molecule has 1 fully saturated rings. The molecule has 0 aliphatic carbocycles. The minimum absolute atomic E-state index is 0.0488. The standard InChI is InChI=1S/C26H21N3O3/c1-15-9-10-21(16(2)12-15)29-23(17-6-5-11-27-13-17)22(25(31)26(29)32)24(30)19-14-28-20-8-4-3-7-18(19)20/h3-14,23,28,30H,1-2H3/b24-22-. The molecular weight excluding hydrogens is 402 g/mol. The van der Waals surface area contributed by atoms with Crippen LogP contribution in [-0.4, -0.2) is 26.8 Å². The molecule has 0 bridgehead atoms. The van der Waals surface area contributed by atoms with Crippen LogP contribution in [0, 0.1) is 13.8 Å². The van der Waals surface area contributed by atoms with Crippen molar-refractivity contribution in [3.63, 3.8) is 0 Å². The summed E-state index contributed by atoms with van der Waals surface area (Å²) >= 11 is 0. The Kier molecular flexibility index (Phi) is 4.63. The molecule has 1 atom stereocenters. The quantitative estimate of drug-likeness (QED) is 0.281. The van der Waals surface area contributed by atoms with Gasteiger partial charge >= 0.3 is 0 Å². The number of hydrogen-bond acceptors (Lipinski definition) is 4. The molecule has 1 aliphatic heterocycles. The maximum absolute atomic E-state index is 13.3. The minimum Gasteiger partial charge on any atom is -0.507 e. The van der Waals surface area contributed by atoms with Gasteiger partial charge in [0.15, 0.2) is 0 Å². The summed E-state index contributed by atoms with van der Waals surface area (Å²) < 4.78 is 0. The van der Waals surface area contributed by atoms with E-state index in [2.05, 4.69) is 9.97 Å². The maximum Gasteiger partial charge on any atom is 0.300 e. The molecule has 158 valence electrons. The van der Waals surface area contributed by atoms with Gasteiger partial charge in [-0.15, -0.1) is 0 Å². The molecule has 1 amide bonds. The third kappa shape index (κ3) is 3.00. The van der Waals surface area contributed by atoms with E-state index in [0.717, 1.165) is 22.0 Å². The summed E-state index contributed by atoms with van der Waals surface area (Å²) in [6, 6.07) is 16.0. The minimum atomic E-state index is -0.793. The Hall–Kier alpha value is -4.19. The van der Waals surface area contributed by atoms with Gasteiger partial charge in [0, 0.05) is 40.7 Å². The number of hydrogen-bond donors (Lipinski definition) is 2. The summed E-state index contributed by atoms with van der Waals surface area (Å²) in [4.78, 5) is 35.3. The third-order valence-electron chi connectivity index (χ3n) is 5.90. The fourth-order valence-corrected chi connectivity index (χ4v) is 4.42. The van der Waals surface area contributed by atoms with Crippen molar-refractivity contribution in [1.82, 2.24) is 9.97 Å². The number of carbonyl (C=O) groups excluding carboxylic acids is 2. The van der Waals surface area contributed by atoms with Gasteiger partial charge in [-0.05, 0) is 43.2 Å². The Labute approximate surface area is 184 Å². The number of amides is 1. The van der Waals surface area contributed by atoms with Gasteiger partial charge in [-0.2, -0.15) is 0 Å². The number of ketones is 1. The second kappa shape index (κ2) is 7.50. The Morgan fingerprint density at radius 3 is 2.62 bits per heavy atom. The molecule has 0 radical (unpaired) electrons.